The summed E-state index contributed by atoms with van der Waals surface area (Å²) in [5, 5.41) is 0.617. The Morgan fingerprint density at radius 1 is 1.25 bits per heavy atom. The first-order chi connectivity index (χ1) is 11.7. The van der Waals surface area contributed by atoms with Crippen molar-refractivity contribution in [2.24, 2.45) is 0 Å². The molecule has 1 saturated heterocycles. The molecule has 0 aliphatic carbocycles. The van der Waals surface area contributed by atoms with Crippen LogP contribution in [0.4, 0.5) is 0 Å². The fraction of sp³-hybridized carbons (Fsp3) is 0.333. The highest BCUT2D eigenvalue weighted by molar-refractivity contribution is 6.31. The molecule has 124 valence electrons. The Morgan fingerprint density at radius 3 is 2.83 bits per heavy atom. The number of oxazole rings is 1. The molecule has 3 aromatic rings. The van der Waals surface area contributed by atoms with Gasteiger partial charge in [0.2, 0.25) is 0 Å². The van der Waals surface area contributed by atoms with Gasteiger partial charge in [0.15, 0.2) is 5.58 Å². The maximum Gasteiger partial charge on any atom is 0.420 e. The fourth-order valence-electron chi connectivity index (χ4n) is 3.44. The third kappa shape index (κ3) is 2.97. The first kappa shape index (κ1) is 15.4. The van der Waals surface area contributed by atoms with Crippen LogP contribution in [0.15, 0.2) is 51.9 Å². The van der Waals surface area contributed by atoms with Crippen LogP contribution in [0.5, 0.6) is 0 Å². The summed E-state index contributed by atoms with van der Waals surface area (Å²) < 4.78 is 7.12. The topological polar surface area (TPSA) is 51.3 Å². The number of piperidine rings is 1. The van der Waals surface area contributed by atoms with Crippen LogP contribution in [0.3, 0.4) is 0 Å². The second-order valence-corrected chi connectivity index (χ2v) is 6.66. The number of halogens is 1. The van der Waals surface area contributed by atoms with Gasteiger partial charge in [-0.2, -0.15) is 0 Å². The van der Waals surface area contributed by atoms with Crippen LogP contribution in [0.2, 0.25) is 5.02 Å². The van der Waals surface area contributed by atoms with Crippen LogP contribution in [0, 0.1) is 0 Å². The summed E-state index contributed by atoms with van der Waals surface area (Å²) >= 11 is 6.08. The number of nitrogens with zero attached hydrogens (tertiary/aromatic N) is 3. The minimum absolute atomic E-state index is 0.155. The third-order valence-corrected chi connectivity index (χ3v) is 4.86. The molecule has 5 nitrogen and oxygen atoms in total. The van der Waals surface area contributed by atoms with Crippen LogP contribution in [-0.4, -0.2) is 27.5 Å². The number of pyridine rings is 1. The van der Waals surface area contributed by atoms with E-state index in [1.807, 2.05) is 18.3 Å². The van der Waals surface area contributed by atoms with E-state index in [9.17, 15) is 4.79 Å². The van der Waals surface area contributed by atoms with Crippen molar-refractivity contribution >= 4 is 22.7 Å². The molecule has 0 spiro atoms. The van der Waals surface area contributed by atoms with E-state index in [0.717, 1.165) is 38.0 Å². The Hall–Kier alpha value is -2.11. The van der Waals surface area contributed by atoms with E-state index in [-0.39, 0.29) is 11.8 Å². The Bertz CT molecular complexity index is 896. The van der Waals surface area contributed by atoms with Gasteiger partial charge in [-0.3, -0.25) is 14.5 Å². The predicted octanol–water partition coefficient (Wildman–Crippen LogP) is 3.48. The van der Waals surface area contributed by atoms with E-state index in [1.165, 1.54) is 5.56 Å². The Labute approximate surface area is 144 Å². The van der Waals surface area contributed by atoms with E-state index in [4.69, 9.17) is 16.0 Å². The van der Waals surface area contributed by atoms with Gasteiger partial charge in [-0.05, 0) is 42.7 Å². The first-order valence-corrected chi connectivity index (χ1v) is 8.50. The number of likely N-dealkylation sites (tertiary alicyclic amines) is 1. The quantitative estimate of drug-likeness (QED) is 0.730. The minimum Gasteiger partial charge on any atom is -0.408 e. The van der Waals surface area contributed by atoms with Gasteiger partial charge < -0.3 is 4.42 Å². The highest BCUT2D eigenvalue weighted by atomic mass is 35.5. The number of hydrogen-bond acceptors (Lipinski definition) is 4. The maximum absolute atomic E-state index is 12.3. The SMILES string of the molecule is O=c1oc2ccc(Cl)cc2n1C1CCN(Cc2cccnc2)CC1. The molecule has 2 aromatic heterocycles. The summed E-state index contributed by atoms with van der Waals surface area (Å²) in [6.07, 6.45) is 5.53. The zero-order chi connectivity index (χ0) is 16.5. The van der Waals surface area contributed by atoms with Gasteiger partial charge in [-0.1, -0.05) is 17.7 Å². The van der Waals surface area contributed by atoms with Crippen LogP contribution in [0.1, 0.15) is 24.4 Å². The average molecular weight is 344 g/mol. The number of fused-ring (bicyclic) bond motifs is 1. The van der Waals surface area contributed by atoms with Gasteiger partial charge in [0.25, 0.3) is 0 Å². The zero-order valence-electron chi connectivity index (χ0n) is 13.2. The fourth-order valence-corrected chi connectivity index (χ4v) is 3.60. The molecule has 6 heteroatoms. The molecule has 0 saturated carbocycles. The van der Waals surface area contributed by atoms with Crippen LogP contribution >= 0.6 is 11.6 Å². The smallest absolute Gasteiger partial charge is 0.408 e. The van der Waals surface area contributed by atoms with E-state index in [0.29, 0.717) is 10.6 Å². The molecular formula is C18H18ClN3O2. The predicted molar refractivity (Wildman–Crippen MR) is 93.3 cm³/mol. The summed E-state index contributed by atoms with van der Waals surface area (Å²) in [5.74, 6) is -0.294. The molecule has 3 heterocycles. The van der Waals surface area contributed by atoms with E-state index in [1.54, 1.807) is 22.9 Å². The molecule has 0 unspecified atom stereocenters. The molecule has 24 heavy (non-hydrogen) atoms. The second kappa shape index (κ2) is 6.42. The lowest BCUT2D eigenvalue weighted by Gasteiger charge is -2.32. The first-order valence-electron chi connectivity index (χ1n) is 8.12. The van der Waals surface area contributed by atoms with Gasteiger partial charge in [-0.15, -0.1) is 0 Å². The Kier molecular flexibility index (Phi) is 4.12. The number of hydrogen-bond donors (Lipinski definition) is 0. The number of rotatable bonds is 3. The van der Waals surface area contributed by atoms with Crippen LogP contribution in [-0.2, 0) is 6.54 Å². The summed E-state index contributed by atoms with van der Waals surface area (Å²) in [6.45, 7) is 2.78. The third-order valence-electron chi connectivity index (χ3n) is 4.63. The van der Waals surface area contributed by atoms with E-state index in [2.05, 4.69) is 16.0 Å². The largest absolute Gasteiger partial charge is 0.420 e. The number of benzene rings is 1. The zero-order valence-corrected chi connectivity index (χ0v) is 13.9. The summed E-state index contributed by atoms with van der Waals surface area (Å²) in [7, 11) is 0. The van der Waals surface area contributed by atoms with Gasteiger partial charge >= 0.3 is 5.76 Å². The van der Waals surface area contributed by atoms with Crippen LogP contribution < -0.4 is 5.76 Å². The maximum atomic E-state index is 12.3. The molecule has 0 bridgehead atoms. The molecule has 0 atom stereocenters. The Morgan fingerprint density at radius 2 is 2.08 bits per heavy atom. The highest BCUT2D eigenvalue weighted by Gasteiger charge is 2.24. The van der Waals surface area contributed by atoms with E-state index < -0.39 is 0 Å². The van der Waals surface area contributed by atoms with Crippen molar-refractivity contribution in [2.75, 3.05) is 13.1 Å². The molecule has 0 radical (unpaired) electrons. The minimum atomic E-state index is -0.294. The van der Waals surface area contributed by atoms with Crippen molar-refractivity contribution in [1.29, 1.82) is 0 Å². The molecule has 4 rings (SSSR count). The molecule has 0 N–H and O–H groups in total. The van der Waals surface area contributed by atoms with Gasteiger partial charge in [0, 0.05) is 43.1 Å². The highest BCUT2D eigenvalue weighted by Crippen LogP contribution is 2.27. The van der Waals surface area contributed by atoms with Crippen molar-refractivity contribution in [2.45, 2.75) is 25.4 Å². The second-order valence-electron chi connectivity index (χ2n) is 6.22. The summed E-state index contributed by atoms with van der Waals surface area (Å²) in [6, 6.07) is 9.52. The molecular weight excluding hydrogens is 326 g/mol. The van der Waals surface area contributed by atoms with E-state index >= 15 is 0 Å². The average Bonchev–Trinajstić information content (AvgIpc) is 2.92. The standard InChI is InChI=1S/C18H18ClN3O2/c19-14-3-4-17-16(10-14)22(18(23)24-17)15-5-8-21(9-6-15)12-13-2-1-7-20-11-13/h1-4,7,10-11,15H,5-6,8-9,12H2. The van der Waals surface area contributed by atoms with Crippen molar-refractivity contribution in [3.63, 3.8) is 0 Å². The van der Waals surface area contributed by atoms with Gasteiger partial charge in [0.05, 0.1) is 5.52 Å². The Balaban J connectivity index is 1.51. The molecule has 1 aliphatic heterocycles. The van der Waals surface area contributed by atoms with Crippen molar-refractivity contribution in [3.8, 4) is 0 Å². The lowest BCUT2D eigenvalue weighted by Crippen LogP contribution is -2.36. The van der Waals surface area contributed by atoms with Gasteiger partial charge in [0.1, 0.15) is 0 Å². The normalized spacial score (nSPS) is 16.7. The van der Waals surface area contributed by atoms with Crippen molar-refractivity contribution < 1.29 is 4.42 Å². The lowest BCUT2D eigenvalue weighted by molar-refractivity contribution is 0.177. The van der Waals surface area contributed by atoms with Crippen LogP contribution in [0.25, 0.3) is 11.1 Å². The summed E-state index contributed by atoms with van der Waals surface area (Å²) in [4.78, 5) is 18.8. The molecule has 0 amide bonds. The molecule has 1 aromatic carbocycles. The summed E-state index contributed by atoms with van der Waals surface area (Å²) in [5.41, 5.74) is 2.61. The van der Waals surface area contributed by atoms with Crippen molar-refractivity contribution in [3.05, 3.63) is 63.9 Å². The lowest BCUT2D eigenvalue weighted by atomic mass is 10.0. The molecule has 1 aliphatic rings. The van der Waals surface area contributed by atoms with Gasteiger partial charge in [-0.25, -0.2) is 4.79 Å². The molecule has 1 fully saturated rings. The van der Waals surface area contributed by atoms with Crippen molar-refractivity contribution in [1.82, 2.24) is 14.5 Å². The number of aromatic nitrogens is 2. The monoisotopic (exact) mass is 343 g/mol.